The summed E-state index contributed by atoms with van der Waals surface area (Å²) in [6.45, 7) is 8.68. The van der Waals surface area contributed by atoms with E-state index < -0.39 is 0 Å². The third-order valence-corrected chi connectivity index (χ3v) is 4.36. The van der Waals surface area contributed by atoms with E-state index in [-0.39, 0.29) is 0 Å². The van der Waals surface area contributed by atoms with Crippen molar-refractivity contribution < 1.29 is 0 Å². The fraction of sp³-hybridized carbons (Fsp3) is 0.588. The molecule has 3 rings (SSSR count). The number of hydrogen-bond donors (Lipinski definition) is 1. The van der Waals surface area contributed by atoms with Crippen molar-refractivity contribution in [2.45, 2.75) is 58.7 Å². The van der Waals surface area contributed by atoms with Crippen LogP contribution in [0.3, 0.4) is 0 Å². The van der Waals surface area contributed by atoms with Crippen molar-refractivity contribution in [3.8, 4) is 0 Å². The molecule has 0 saturated carbocycles. The average molecular weight is 286 g/mol. The number of nitrogens with one attached hydrogen (secondary N) is 1. The molecule has 2 aromatic rings. The Labute approximate surface area is 127 Å². The number of imidazole rings is 1. The quantitative estimate of drug-likeness (QED) is 0.936. The predicted molar refractivity (Wildman–Crippen MR) is 87.8 cm³/mol. The zero-order chi connectivity index (χ0) is 14.8. The molecule has 1 unspecified atom stereocenters. The van der Waals surface area contributed by atoms with Crippen molar-refractivity contribution in [2.24, 2.45) is 0 Å². The first-order valence-corrected chi connectivity index (χ1v) is 8.13. The Morgan fingerprint density at radius 3 is 2.95 bits per heavy atom. The summed E-state index contributed by atoms with van der Waals surface area (Å²) in [7, 11) is 0. The topological polar surface area (TPSA) is 32.6 Å². The van der Waals surface area contributed by atoms with Crippen molar-refractivity contribution in [1.29, 1.82) is 0 Å². The second kappa shape index (κ2) is 6.06. The highest BCUT2D eigenvalue weighted by atomic mass is 15.3. The molecule has 2 aromatic heterocycles. The van der Waals surface area contributed by atoms with Gasteiger partial charge in [0.2, 0.25) is 0 Å². The molecule has 21 heavy (non-hydrogen) atoms. The summed E-state index contributed by atoms with van der Waals surface area (Å²) in [5, 5.41) is 3.55. The third kappa shape index (κ3) is 2.91. The summed E-state index contributed by atoms with van der Waals surface area (Å²) >= 11 is 0. The van der Waals surface area contributed by atoms with Gasteiger partial charge in [0.25, 0.3) is 0 Å². The van der Waals surface area contributed by atoms with E-state index in [1.165, 1.54) is 30.8 Å². The van der Waals surface area contributed by atoms with Gasteiger partial charge in [-0.1, -0.05) is 19.9 Å². The van der Waals surface area contributed by atoms with Crippen LogP contribution in [0.2, 0.25) is 0 Å². The van der Waals surface area contributed by atoms with Crippen molar-refractivity contribution in [3.05, 3.63) is 30.1 Å². The standard InChI is InChI=1S/C17H26N4/c1-13(2)18-12-15-17(20-10-6-4-8-14(20)3)19-16-9-5-7-11-21(15)16/h5,7,9,11,13-14,18H,4,6,8,10,12H2,1-3H3. The van der Waals surface area contributed by atoms with Gasteiger partial charge < -0.3 is 14.6 Å². The second-order valence-corrected chi connectivity index (χ2v) is 6.38. The maximum atomic E-state index is 4.91. The lowest BCUT2D eigenvalue weighted by molar-refractivity contribution is 0.478. The van der Waals surface area contributed by atoms with E-state index in [0.717, 1.165) is 18.7 Å². The van der Waals surface area contributed by atoms with E-state index in [4.69, 9.17) is 4.98 Å². The summed E-state index contributed by atoms with van der Waals surface area (Å²) in [5.41, 5.74) is 2.33. The molecule has 1 aliphatic rings. The van der Waals surface area contributed by atoms with Crippen LogP contribution in [0.1, 0.15) is 45.7 Å². The van der Waals surface area contributed by atoms with Gasteiger partial charge >= 0.3 is 0 Å². The number of hydrogen-bond acceptors (Lipinski definition) is 3. The van der Waals surface area contributed by atoms with Crippen molar-refractivity contribution >= 4 is 11.5 Å². The number of aromatic nitrogens is 2. The molecule has 0 amide bonds. The molecular weight excluding hydrogens is 260 g/mol. The zero-order valence-electron chi connectivity index (χ0n) is 13.3. The van der Waals surface area contributed by atoms with E-state index in [1.807, 2.05) is 0 Å². The summed E-state index contributed by atoms with van der Waals surface area (Å²) in [4.78, 5) is 7.41. The van der Waals surface area contributed by atoms with Crippen LogP contribution >= 0.6 is 0 Å². The Hall–Kier alpha value is -1.55. The zero-order valence-corrected chi connectivity index (χ0v) is 13.3. The van der Waals surface area contributed by atoms with Crippen LogP contribution in [-0.2, 0) is 6.54 Å². The fourth-order valence-electron chi connectivity index (χ4n) is 3.14. The molecule has 1 saturated heterocycles. The van der Waals surface area contributed by atoms with Gasteiger partial charge in [-0.2, -0.15) is 0 Å². The van der Waals surface area contributed by atoms with E-state index >= 15 is 0 Å². The van der Waals surface area contributed by atoms with Crippen LogP contribution in [0.25, 0.3) is 5.65 Å². The predicted octanol–water partition coefficient (Wildman–Crippen LogP) is 3.21. The molecule has 1 aliphatic heterocycles. The van der Waals surface area contributed by atoms with E-state index in [0.29, 0.717) is 12.1 Å². The molecule has 4 nitrogen and oxygen atoms in total. The normalized spacial score (nSPS) is 19.6. The van der Waals surface area contributed by atoms with Crippen molar-refractivity contribution in [1.82, 2.24) is 14.7 Å². The Morgan fingerprint density at radius 1 is 1.33 bits per heavy atom. The minimum Gasteiger partial charge on any atom is -0.352 e. The summed E-state index contributed by atoms with van der Waals surface area (Å²) in [6.07, 6.45) is 6.00. The van der Waals surface area contributed by atoms with Crippen LogP contribution < -0.4 is 10.2 Å². The first-order valence-electron chi connectivity index (χ1n) is 8.13. The number of nitrogens with zero attached hydrogens (tertiary/aromatic N) is 3. The Morgan fingerprint density at radius 2 is 2.19 bits per heavy atom. The van der Waals surface area contributed by atoms with Crippen LogP contribution in [-0.4, -0.2) is 28.0 Å². The van der Waals surface area contributed by atoms with E-state index in [9.17, 15) is 0 Å². The molecule has 0 aromatic carbocycles. The molecule has 0 aliphatic carbocycles. The number of rotatable bonds is 4. The Kier molecular flexibility index (Phi) is 4.15. The number of piperidine rings is 1. The number of pyridine rings is 1. The van der Waals surface area contributed by atoms with Gasteiger partial charge in [-0.05, 0) is 38.3 Å². The first kappa shape index (κ1) is 14.4. The number of fused-ring (bicyclic) bond motifs is 1. The summed E-state index contributed by atoms with van der Waals surface area (Å²) in [6, 6.07) is 7.30. The van der Waals surface area contributed by atoms with Crippen LogP contribution in [0, 0.1) is 0 Å². The van der Waals surface area contributed by atoms with Crippen LogP contribution in [0.15, 0.2) is 24.4 Å². The molecule has 0 spiro atoms. The van der Waals surface area contributed by atoms with Crippen LogP contribution in [0.5, 0.6) is 0 Å². The number of anilines is 1. The smallest absolute Gasteiger partial charge is 0.152 e. The van der Waals surface area contributed by atoms with Gasteiger partial charge in [0, 0.05) is 31.4 Å². The van der Waals surface area contributed by atoms with Gasteiger partial charge in [0.05, 0.1) is 5.69 Å². The molecule has 3 heterocycles. The molecule has 0 bridgehead atoms. The average Bonchev–Trinajstić information content (AvgIpc) is 2.84. The highest BCUT2D eigenvalue weighted by Gasteiger charge is 2.24. The minimum absolute atomic E-state index is 0.478. The molecular formula is C17H26N4. The SMILES string of the molecule is CC(C)NCc1c(N2CCCCC2C)nc2ccccn12. The third-order valence-electron chi connectivity index (χ3n) is 4.36. The van der Waals surface area contributed by atoms with E-state index in [1.54, 1.807) is 0 Å². The highest BCUT2D eigenvalue weighted by Crippen LogP contribution is 2.28. The lowest BCUT2D eigenvalue weighted by Gasteiger charge is -2.34. The summed E-state index contributed by atoms with van der Waals surface area (Å²) < 4.78 is 2.23. The molecule has 114 valence electrons. The molecule has 0 radical (unpaired) electrons. The minimum atomic E-state index is 0.478. The van der Waals surface area contributed by atoms with Gasteiger partial charge in [0.1, 0.15) is 5.65 Å². The molecule has 1 fully saturated rings. The lowest BCUT2D eigenvalue weighted by atomic mass is 10.0. The lowest BCUT2D eigenvalue weighted by Crippen LogP contribution is -2.38. The largest absolute Gasteiger partial charge is 0.352 e. The Bertz CT molecular complexity index is 602. The van der Waals surface area contributed by atoms with E-state index in [2.05, 4.69) is 59.8 Å². The molecule has 1 N–H and O–H groups in total. The van der Waals surface area contributed by atoms with Gasteiger partial charge in [-0.15, -0.1) is 0 Å². The maximum absolute atomic E-state index is 4.91. The molecule has 1 atom stereocenters. The van der Waals surface area contributed by atoms with Crippen molar-refractivity contribution in [2.75, 3.05) is 11.4 Å². The monoisotopic (exact) mass is 286 g/mol. The summed E-state index contributed by atoms with van der Waals surface area (Å²) in [5.74, 6) is 1.17. The fourth-order valence-corrected chi connectivity index (χ4v) is 3.14. The highest BCUT2D eigenvalue weighted by molar-refractivity contribution is 5.56. The van der Waals surface area contributed by atoms with Crippen LogP contribution in [0.4, 0.5) is 5.82 Å². The maximum Gasteiger partial charge on any atom is 0.152 e. The van der Waals surface area contributed by atoms with Gasteiger partial charge in [-0.3, -0.25) is 0 Å². The first-order chi connectivity index (χ1) is 10.2. The van der Waals surface area contributed by atoms with Gasteiger partial charge in [-0.25, -0.2) is 4.98 Å². The van der Waals surface area contributed by atoms with Crippen molar-refractivity contribution in [3.63, 3.8) is 0 Å². The van der Waals surface area contributed by atoms with Gasteiger partial charge in [0.15, 0.2) is 5.82 Å². The molecule has 4 heteroatoms. The second-order valence-electron chi connectivity index (χ2n) is 6.38. The Balaban J connectivity index is 2.01.